The fraction of sp³-hybridized carbons (Fsp3) is 0.600. The molecule has 3 N–H and O–H groups in total. The van der Waals surface area contributed by atoms with Crippen LogP contribution in [0.3, 0.4) is 0 Å². The lowest BCUT2D eigenvalue weighted by Crippen LogP contribution is -2.19. The van der Waals surface area contributed by atoms with E-state index >= 15 is 0 Å². The molecule has 7 heteroatoms. The van der Waals surface area contributed by atoms with Crippen LogP contribution in [-0.2, 0) is 14.2 Å². The maximum atomic E-state index is 10.3. The van der Waals surface area contributed by atoms with Crippen LogP contribution in [0.25, 0.3) is 0 Å². The van der Waals surface area contributed by atoms with Gasteiger partial charge < -0.3 is 10.2 Å². The second-order valence-electron chi connectivity index (χ2n) is 2.17. The molecule has 68 valence electrons. The van der Waals surface area contributed by atoms with E-state index in [-0.39, 0.29) is 0 Å². The first kappa shape index (κ1) is 11.0. The van der Waals surface area contributed by atoms with E-state index in [1.54, 1.807) is 0 Å². The normalized spacial score (nSPS) is 13.6. The summed E-state index contributed by atoms with van der Waals surface area (Å²) < 4.78 is 10.2. The summed E-state index contributed by atoms with van der Waals surface area (Å²) in [4.78, 5) is 28.7. The summed E-state index contributed by atoms with van der Waals surface area (Å²) in [5.41, 5.74) is 0. The molecule has 0 aromatic heterocycles. The van der Waals surface area contributed by atoms with Crippen molar-refractivity contribution < 1.29 is 29.3 Å². The highest BCUT2D eigenvalue weighted by molar-refractivity contribution is 7.38. The minimum Gasteiger partial charge on any atom is -0.481 e. The fourth-order valence-electron chi connectivity index (χ4n) is 0.629. The van der Waals surface area contributed by atoms with E-state index in [1.807, 2.05) is 0 Å². The highest BCUT2D eigenvalue weighted by atomic mass is 31.1. The highest BCUT2D eigenvalue weighted by Crippen LogP contribution is 2.20. The maximum Gasteiger partial charge on any atom is 0.506 e. The Bertz CT molecular complexity index is 196. The summed E-state index contributed by atoms with van der Waals surface area (Å²) >= 11 is 0. The second kappa shape index (κ2) is 4.79. The van der Waals surface area contributed by atoms with Gasteiger partial charge in [-0.2, -0.15) is 4.89 Å². The molecule has 0 bridgehead atoms. The smallest absolute Gasteiger partial charge is 0.481 e. The van der Waals surface area contributed by atoms with Gasteiger partial charge in [-0.1, -0.05) is 0 Å². The molecule has 0 radical (unpaired) electrons. The van der Waals surface area contributed by atoms with Crippen molar-refractivity contribution >= 4 is 20.0 Å². The van der Waals surface area contributed by atoms with E-state index in [4.69, 9.17) is 15.1 Å². The Labute approximate surface area is 68.7 Å². The Morgan fingerprint density at radius 2 is 1.83 bits per heavy atom. The average molecular weight is 195 g/mol. The third-order valence-corrected chi connectivity index (χ3v) is 1.90. The number of aliphatic carboxylic acids is 2. The molecule has 0 rings (SSSR count). The predicted molar refractivity (Wildman–Crippen MR) is 38.1 cm³/mol. The number of rotatable bonds is 5. The summed E-state index contributed by atoms with van der Waals surface area (Å²) in [5.74, 6) is -3.94. The van der Waals surface area contributed by atoms with Gasteiger partial charge in [0.15, 0.2) is 6.16 Å². The average Bonchev–Trinajstić information content (AvgIpc) is 1.83. The first-order valence-corrected chi connectivity index (χ1v) is 4.41. The number of carbonyl (C=O) groups is 2. The van der Waals surface area contributed by atoms with E-state index in [0.717, 1.165) is 0 Å². The van der Waals surface area contributed by atoms with E-state index < -0.39 is 38.5 Å². The van der Waals surface area contributed by atoms with Crippen molar-refractivity contribution in [2.45, 2.75) is 6.42 Å². The first-order valence-electron chi connectivity index (χ1n) is 3.01. The van der Waals surface area contributed by atoms with E-state index in [9.17, 15) is 14.2 Å². The Hall–Kier alpha value is -1.00. The number of carboxylic acids is 2. The van der Waals surface area contributed by atoms with Gasteiger partial charge in [0.05, 0.1) is 6.42 Å². The van der Waals surface area contributed by atoms with Gasteiger partial charge in [-0.3, -0.25) is 9.59 Å². The van der Waals surface area contributed by atoms with Crippen LogP contribution in [0.15, 0.2) is 0 Å². The molecule has 0 heterocycles. The molecule has 0 aromatic carbocycles. The lowest BCUT2D eigenvalue weighted by molar-refractivity contribution is -0.147. The Balaban J connectivity index is 4.14. The molecule has 0 aliphatic rings. The van der Waals surface area contributed by atoms with Crippen molar-refractivity contribution in [2.24, 2.45) is 5.92 Å². The molecule has 12 heavy (non-hydrogen) atoms. The Morgan fingerprint density at radius 1 is 1.33 bits per heavy atom. The summed E-state index contributed by atoms with van der Waals surface area (Å²) in [7, 11) is -2.60. The molecule has 1 unspecified atom stereocenters. The van der Waals surface area contributed by atoms with Crippen LogP contribution < -0.4 is 0 Å². The Kier molecular flexibility index (Phi) is 4.39. The van der Waals surface area contributed by atoms with E-state index in [1.165, 1.54) is 0 Å². The van der Waals surface area contributed by atoms with Gasteiger partial charge in [-0.25, -0.2) is 0 Å². The third-order valence-electron chi connectivity index (χ3n) is 1.15. The van der Waals surface area contributed by atoms with Crippen LogP contribution in [0.1, 0.15) is 6.42 Å². The zero-order chi connectivity index (χ0) is 9.72. The molecular formula is C5H8O6P+. The van der Waals surface area contributed by atoms with E-state index in [2.05, 4.69) is 0 Å². The summed E-state index contributed by atoms with van der Waals surface area (Å²) in [6.07, 6.45) is -1.14. The van der Waals surface area contributed by atoms with Crippen molar-refractivity contribution in [1.82, 2.24) is 0 Å². The molecule has 0 spiro atoms. The summed E-state index contributed by atoms with van der Waals surface area (Å²) in [6, 6.07) is 0. The molecule has 6 nitrogen and oxygen atoms in total. The summed E-state index contributed by atoms with van der Waals surface area (Å²) in [6.45, 7) is 0. The van der Waals surface area contributed by atoms with Crippen LogP contribution in [0.4, 0.5) is 0 Å². The molecule has 0 saturated carbocycles. The zero-order valence-electron chi connectivity index (χ0n) is 6.01. The van der Waals surface area contributed by atoms with Gasteiger partial charge in [0.25, 0.3) is 0 Å². The van der Waals surface area contributed by atoms with Gasteiger partial charge in [0.1, 0.15) is 5.92 Å². The standard InChI is InChI=1S/C5H7O6P/c6-4(7)1-3(5(8)9)2-12(10)11/h3H,1-2H2,(H2-,6,7,8,9,10,11)/p+1/t3-/m0/s1. The number of hydrogen-bond donors (Lipinski definition) is 3. The molecule has 0 aliphatic heterocycles. The van der Waals surface area contributed by atoms with Gasteiger partial charge >= 0.3 is 20.0 Å². The predicted octanol–water partition coefficient (Wildman–Crippen LogP) is -0.103. The van der Waals surface area contributed by atoms with Crippen molar-refractivity contribution in [3.8, 4) is 0 Å². The van der Waals surface area contributed by atoms with Gasteiger partial charge in [0.2, 0.25) is 0 Å². The van der Waals surface area contributed by atoms with Gasteiger partial charge in [0, 0.05) is 0 Å². The van der Waals surface area contributed by atoms with Crippen LogP contribution in [0.5, 0.6) is 0 Å². The van der Waals surface area contributed by atoms with Crippen LogP contribution >= 0.6 is 8.03 Å². The molecule has 0 aliphatic carbocycles. The van der Waals surface area contributed by atoms with Crippen molar-refractivity contribution in [3.05, 3.63) is 0 Å². The molecule has 0 aromatic rings. The minimum absolute atomic E-state index is 0.517. The quantitative estimate of drug-likeness (QED) is 0.528. The third kappa shape index (κ3) is 4.76. The molecule has 0 fully saturated rings. The topological polar surface area (TPSA) is 112 Å². The molecule has 0 saturated heterocycles. The van der Waals surface area contributed by atoms with Gasteiger partial charge in [-0.05, 0) is 4.57 Å². The van der Waals surface area contributed by atoms with Crippen LogP contribution in [0, 0.1) is 5.92 Å². The van der Waals surface area contributed by atoms with Gasteiger partial charge in [-0.15, -0.1) is 0 Å². The van der Waals surface area contributed by atoms with Crippen molar-refractivity contribution in [2.75, 3.05) is 6.16 Å². The molecule has 2 atom stereocenters. The maximum absolute atomic E-state index is 10.3. The lowest BCUT2D eigenvalue weighted by Gasteiger charge is -2.00. The molecular weight excluding hydrogens is 187 g/mol. The number of hydrogen-bond acceptors (Lipinski definition) is 3. The lowest BCUT2D eigenvalue weighted by atomic mass is 10.1. The monoisotopic (exact) mass is 195 g/mol. The fourth-order valence-corrected chi connectivity index (χ4v) is 1.29. The first-order chi connectivity index (χ1) is 5.43. The van der Waals surface area contributed by atoms with Crippen molar-refractivity contribution in [1.29, 1.82) is 0 Å². The molecule has 0 amide bonds. The van der Waals surface area contributed by atoms with E-state index in [0.29, 0.717) is 0 Å². The number of carboxylic acid groups (broad SMARTS) is 2. The van der Waals surface area contributed by atoms with Crippen LogP contribution in [0.2, 0.25) is 0 Å². The SMILES string of the molecule is O=C(O)C[C@@H](C[P+](=O)O)C(=O)O. The summed E-state index contributed by atoms with van der Waals surface area (Å²) in [5, 5.41) is 16.6. The second-order valence-corrected chi connectivity index (χ2v) is 3.24. The Morgan fingerprint density at radius 3 is 2.08 bits per heavy atom. The zero-order valence-corrected chi connectivity index (χ0v) is 6.90. The highest BCUT2D eigenvalue weighted by Gasteiger charge is 2.29. The minimum atomic E-state index is -2.60. The van der Waals surface area contributed by atoms with Crippen LogP contribution in [-0.4, -0.2) is 33.2 Å². The van der Waals surface area contributed by atoms with Crippen molar-refractivity contribution in [3.63, 3.8) is 0 Å². The largest absolute Gasteiger partial charge is 0.506 e.